The third-order valence-electron chi connectivity index (χ3n) is 2.84. The number of carbonyl (C=O) groups is 2. The maximum atomic E-state index is 11.9. The Bertz CT molecular complexity index is 412. The molecule has 1 aromatic carbocycles. The standard InChI is InChI=1S/C13H15NO2/c15-12-6-3-9-14-13(16)8-7-10-4-1-2-5-11(10)12/h1-2,4-5H,3,6-9H2,(H,14,16). The summed E-state index contributed by atoms with van der Waals surface area (Å²) in [5.41, 5.74) is 1.78. The molecule has 1 aromatic rings. The SMILES string of the molecule is O=C1CCc2ccccc2C(=O)CCCN1. The van der Waals surface area contributed by atoms with Gasteiger partial charge in [-0.1, -0.05) is 24.3 Å². The molecule has 0 aliphatic carbocycles. The summed E-state index contributed by atoms with van der Waals surface area (Å²) in [6.45, 7) is 0.604. The lowest BCUT2D eigenvalue weighted by Crippen LogP contribution is -2.26. The molecule has 0 saturated carbocycles. The van der Waals surface area contributed by atoms with Crippen LogP contribution < -0.4 is 5.32 Å². The van der Waals surface area contributed by atoms with E-state index < -0.39 is 0 Å². The van der Waals surface area contributed by atoms with Crippen LogP contribution in [0.2, 0.25) is 0 Å². The summed E-state index contributed by atoms with van der Waals surface area (Å²) >= 11 is 0. The summed E-state index contributed by atoms with van der Waals surface area (Å²) < 4.78 is 0. The number of Topliss-reactive ketones (excluding diaryl/α,β-unsaturated/α-hetero) is 1. The second kappa shape index (κ2) is 4.92. The first-order valence-corrected chi connectivity index (χ1v) is 5.65. The zero-order valence-corrected chi connectivity index (χ0v) is 9.16. The van der Waals surface area contributed by atoms with Gasteiger partial charge in [0.25, 0.3) is 0 Å². The minimum absolute atomic E-state index is 0.0733. The topological polar surface area (TPSA) is 46.2 Å². The van der Waals surface area contributed by atoms with E-state index in [1.165, 1.54) is 0 Å². The lowest BCUT2D eigenvalue weighted by molar-refractivity contribution is -0.121. The van der Waals surface area contributed by atoms with Crippen LogP contribution in [0.4, 0.5) is 0 Å². The maximum absolute atomic E-state index is 11.9. The Balaban J connectivity index is 2.26. The molecule has 0 spiro atoms. The van der Waals surface area contributed by atoms with Crippen LogP contribution in [-0.2, 0) is 11.2 Å². The molecule has 1 amide bonds. The van der Waals surface area contributed by atoms with Gasteiger partial charge in [-0.2, -0.15) is 0 Å². The van der Waals surface area contributed by atoms with E-state index in [9.17, 15) is 9.59 Å². The van der Waals surface area contributed by atoms with E-state index in [-0.39, 0.29) is 11.7 Å². The lowest BCUT2D eigenvalue weighted by atomic mass is 9.96. The lowest BCUT2D eigenvalue weighted by Gasteiger charge is -2.11. The van der Waals surface area contributed by atoms with Crippen molar-refractivity contribution in [3.05, 3.63) is 35.4 Å². The molecule has 1 aliphatic heterocycles. The zero-order valence-electron chi connectivity index (χ0n) is 9.16. The number of hydrogen-bond donors (Lipinski definition) is 1. The van der Waals surface area contributed by atoms with E-state index in [2.05, 4.69) is 5.32 Å². The summed E-state index contributed by atoms with van der Waals surface area (Å²) in [4.78, 5) is 23.3. The highest BCUT2D eigenvalue weighted by molar-refractivity contribution is 5.97. The molecule has 1 aliphatic rings. The van der Waals surface area contributed by atoms with Gasteiger partial charge < -0.3 is 5.32 Å². The number of rotatable bonds is 0. The second-order valence-corrected chi connectivity index (χ2v) is 4.03. The fourth-order valence-corrected chi connectivity index (χ4v) is 1.96. The van der Waals surface area contributed by atoms with Gasteiger partial charge >= 0.3 is 0 Å². The van der Waals surface area contributed by atoms with E-state index in [1.54, 1.807) is 0 Å². The Morgan fingerprint density at radius 1 is 1.00 bits per heavy atom. The molecule has 3 nitrogen and oxygen atoms in total. The first-order chi connectivity index (χ1) is 7.77. The molecule has 0 saturated heterocycles. The van der Waals surface area contributed by atoms with Crippen molar-refractivity contribution in [1.29, 1.82) is 0 Å². The van der Waals surface area contributed by atoms with Crippen molar-refractivity contribution in [2.24, 2.45) is 0 Å². The molecule has 1 heterocycles. The van der Waals surface area contributed by atoms with Crippen molar-refractivity contribution in [1.82, 2.24) is 5.32 Å². The third kappa shape index (κ3) is 2.48. The van der Waals surface area contributed by atoms with E-state index in [0.29, 0.717) is 25.8 Å². The highest BCUT2D eigenvalue weighted by Gasteiger charge is 2.13. The van der Waals surface area contributed by atoms with Gasteiger partial charge in [-0.05, 0) is 18.4 Å². The van der Waals surface area contributed by atoms with Crippen LogP contribution in [0.15, 0.2) is 24.3 Å². The first kappa shape index (κ1) is 10.9. The van der Waals surface area contributed by atoms with Gasteiger partial charge in [-0.25, -0.2) is 0 Å². The summed E-state index contributed by atoms with van der Waals surface area (Å²) in [7, 11) is 0. The summed E-state index contributed by atoms with van der Waals surface area (Å²) in [5.74, 6) is 0.260. The molecule has 0 aromatic heterocycles. The number of hydrogen-bond acceptors (Lipinski definition) is 2. The number of ketones is 1. The summed E-state index contributed by atoms with van der Waals surface area (Å²) in [6.07, 6.45) is 2.34. The Morgan fingerprint density at radius 3 is 2.69 bits per heavy atom. The predicted molar refractivity (Wildman–Crippen MR) is 61.3 cm³/mol. The van der Waals surface area contributed by atoms with Crippen LogP contribution in [-0.4, -0.2) is 18.2 Å². The molecule has 0 radical (unpaired) electrons. The van der Waals surface area contributed by atoms with Crippen molar-refractivity contribution in [3.8, 4) is 0 Å². The average molecular weight is 217 g/mol. The number of nitrogens with one attached hydrogen (secondary N) is 1. The molecule has 2 rings (SSSR count). The third-order valence-corrected chi connectivity index (χ3v) is 2.84. The smallest absolute Gasteiger partial charge is 0.220 e. The first-order valence-electron chi connectivity index (χ1n) is 5.65. The van der Waals surface area contributed by atoms with E-state index in [0.717, 1.165) is 17.5 Å². The molecular formula is C13H15NO2. The summed E-state index contributed by atoms with van der Waals surface area (Å²) in [5, 5.41) is 2.81. The van der Waals surface area contributed by atoms with Gasteiger partial charge in [-0.3, -0.25) is 9.59 Å². The van der Waals surface area contributed by atoms with Gasteiger partial charge in [0.2, 0.25) is 5.91 Å². The van der Waals surface area contributed by atoms with E-state index >= 15 is 0 Å². The average Bonchev–Trinajstić information content (AvgIpc) is 2.31. The monoisotopic (exact) mass is 217 g/mol. The fourth-order valence-electron chi connectivity index (χ4n) is 1.96. The number of fused-ring (bicyclic) bond motifs is 1. The normalized spacial score (nSPS) is 17.5. The number of benzene rings is 1. The van der Waals surface area contributed by atoms with E-state index in [1.807, 2.05) is 24.3 Å². The van der Waals surface area contributed by atoms with Gasteiger partial charge in [0.05, 0.1) is 0 Å². The van der Waals surface area contributed by atoms with Gasteiger partial charge in [0.1, 0.15) is 0 Å². The van der Waals surface area contributed by atoms with Crippen LogP contribution in [0, 0.1) is 0 Å². The Hall–Kier alpha value is -1.64. The van der Waals surface area contributed by atoms with Crippen LogP contribution in [0.25, 0.3) is 0 Å². The highest BCUT2D eigenvalue weighted by Crippen LogP contribution is 2.15. The summed E-state index contributed by atoms with van der Waals surface area (Å²) in [6, 6.07) is 7.58. The van der Waals surface area contributed by atoms with Crippen molar-refractivity contribution in [2.45, 2.75) is 25.7 Å². The molecule has 0 fully saturated rings. The highest BCUT2D eigenvalue weighted by atomic mass is 16.1. The Kier molecular flexibility index (Phi) is 3.34. The molecule has 0 atom stereocenters. The molecule has 16 heavy (non-hydrogen) atoms. The second-order valence-electron chi connectivity index (χ2n) is 4.03. The van der Waals surface area contributed by atoms with Crippen molar-refractivity contribution in [2.75, 3.05) is 6.54 Å². The minimum Gasteiger partial charge on any atom is -0.356 e. The van der Waals surface area contributed by atoms with Gasteiger partial charge in [0.15, 0.2) is 5.78 Å². The van der Waals surface area contributed by atoms with Crippen molar-refractivity contribution in [3.63, 3.8) is 0 Å². The predicted octanol–water partition coefficient (Wildman–Crippen LogP) is 1.71. The van der Waals surface area contributed by atoms with Crippen LogP contribution in [0.3, 0.4) is 0 Å². The van der Waals surface area contributed by atoms with Crippen LogP contribution in [0.1, 0.15) is 35.2 Å². The van der Waals surface area contributed by atoms with E-state index in [4.69, 9.17) is 0 Å². The molecule has 84 valence electrons. The zero-order chi connectivity index (χ0) is 11.4. The Labute approximate surface area is 94.9 Å². The fraction of sp³-hybridized carbons (Fsp3) is 0.385. The van der Waals surface area contributed by atoms with Crippen LogP contribution >= 0.6 is 0 Å². The molecule has 3 heteroatoms. The number of amides is 1. The number of carbonyl (C=O) groups excluding carboxylic acids is 2. The molecule has 0 unspecified atom stereocenters. The van der Waals surface area contributed by atoms with Gasteiger partial charge in [0, 0.05) is 24.9 Å². The van der Waals surface area contributed by atoms with Gasteiger partial charge in [-0.15, -0.1) is 0 Å². The molecule has 1 N–H and O–H groups in total. The Morgan fingerprint density at radius 2 is 1.81 bits per heavy atom. The van der Waals surface area contributed by atoms with Crippen LogP contribution in [0.5, 0.6) is 0 Å². The minimum atomic E-state index is 0.0733. The number of aryl methyl sites for hydroxylation is 1. The molecule has 0 bridgehead atoms. The quantitative estimate of drug-likeness (QED) is 0.719. The molecular weight excluding hydrogens is 202 g/mol. The largest absolute Gasteiger partial charge is 0.356 e. The van der Waals surface area contributed by atoms with Crippen molar-refractivity contribution >= 4 is 11.7 Å². The van der Waals surface area contributed by atoms with Crippen molar-refractivity contribution < 1.29 is 9.59 Å². The maximum Gasteiger partial charge on any atom is 0.220 e.